The van der Waals surface area contributed by atoms with Gasteiger partial charge in [0.25, 0.3) is 0 Å². The molecule has 4 N–H and O–H groups in total. The SMILES string of the molecule is C1CCC(NC2CCCCC2)CC1.C1CCNCC1.NC1CCCCC1. The molecule has 3 heteroatoms. The maximum absolute atomic E-state index is 5.63. The Bertz CT molecular complexity index is 271. The molecule has 3 saturated carbocycles. The molecule has 26 heavy (non-hydrogen) atoms. The fraction of sp³-hybridized carbons (Fsp3) is 1.00. The lowest BCUT2D eigenvalue weighted by Gasteiger charge is -2.30. The molecule has 1 heterocycles. The van der Waals surface area contributed by atoms with E-state index in [1.165, 1.54) is 129 Å². The van der Waals surface area contributed by atoms with Gasteiger partial charge in [0.15, 0.2) is 0 Å². The average molecular weight is 366 g/mol. The number of hydrogen-bond donors (Lipinski definition) is 3. The molecule has 1 aliphatic heterocycles. The summed E-state index contributed by atoms with van der Waals surface area (Å²) in [5.41, 5.74) is 5.63. The van der Waals surface area contributed by atoms with E-state index in [1.807, 2.05) is 0 Å². The maximum Gasteiger partial charge on any atom is 0.00696 e. The van der Waals surface area contributed by atoms with Crippen molar-refractivity contribution in [1.29, 1.82) is 0 Å². The van der Waals surface area contributed by atoms with Gasteiger partial charge in [-0.1, -0.05) is 64.2 Å². The first-order valence-corrected chi connectivity index (χ1v) is 12.1. The van der Waals surface area contributed by atoms with Crippen molar-refractivity contribution in [3.63, 3.8) is 0 Å². The first-order chi connectivity index (χ1) is 12.8. The van der Waals surface area contributed by atoms with Gasteiger partial charge < -0.3 is 16.4 Å². The summed E-state index contributed by atoms with van der Waals surface area (Å²) in [7, 11) is 0. The van der Waals surface area contributed by atoms with Crippen molar-refractivity contribution in [2.24, 2.45) is 5.73 Å². The van der Waals surface area contributed by atoms with Gasteiger partial charge in [0, 0.05) is 18.1 Å². The third-order valence-corrected chi connectivity index (χ3v) is 6.54. The molecule has 3 nitrogen and oxygen atoms in total. The van der Waals surface area contributed by atoms with Gasteiger partial charge in [-0.2, -0.15) is 0 Å². The van der Waals surface area contributed by atoms with E-state index in [2.05, 4.69) is 10.6 Å². The smallest absolute Gasteiger partial charge is 0.00696 e. The minimum absolute atomic E-state index is 0.536. The monoisotopic (exact) mass is 365 g/mol. The van der Waals surface area contributed by atoms with Gasteiger partial charge in [0.05, 0.1) is 0 Å². The highest BCUT2D eigenvalue weighted by molar-refractivity contribution is 4.79. The van der Waals surface area contributed by atoms with Crippen molar-refractivity contribution >= 4 is 0 Å². The second kappa shape index (κ2) is 14.9. The van der Waals surface area contributed by atoms with Crippen LogP contribution in [0.5, 0.6) is 0 Å². The summed E-state index contributed by atoms with van der Waals surface area (Å²) < 4.78 is 0. The molecule has 0 spiro atoms. The number of nitrogens with one attached hydrogen (secondary N) is 2. The van der Waals surface area contributed by atoms with Gasteiger partial charge in [-0.05, 0) is 64.5 Å². The Balaban J connectivity index is 0.000000157. The second-order valence-corrected chi connectivity index (χ2v) is 9.05. The summed E-state index contributed by atoms with van der Waals surface area (Å²) in [5.74, 6) is 0. The molecule has 0 aromatic heterocycles. The van der Waals surface area contributed by atoms with E-state index in [0.29, 0.717) is 6.04 Å². The zero-order chi connectivity index (χ0) is 18.3. The Kier molecular flexibility index (Phi) is 12.7. The molecule has 154 valence electrons. The highest BCUT2D eigenvalue weighted by Crippen LogP contribution is 2.22. The lowest BCUT2D eigenvalue weighted by atomic mass is 9.91. The van der Waals surface area contributed by atoms with Crippen LogP contribution in [-0.4, -0.2) is 31.2 Å². The molecule has 4 aliphatic rings. The number of hydrogen-bond acceptors (Lipinski definition) is 3. The van der Waals surface area contributed by atoms with Crippen LogP contribution in [0.2, 0.25) is 0 Å². The quantitative estimate of drug-likeness (QED) is 0.624. The minimum Gasteiger partial charge on any atom is -0.328 e. The van der Waals surface area contributed by atoms with E-state index in [-0.39, 0.29) is 0 Å². The number of piperidine rings is 1. The second-order valence-electron chi connectivity index (χ2n) is 9.05. The Morgan fingerprint density at radius 3 is 1.15 bits per heavy atom. The molecule has 0 aromatic carbocycles. The van der Waals surface area contributed by atoms with Gasteiger partial charge in [0.1, 0.15) is 0 Å². The molecule has 1 saturated heterocycles. The highest BCUT2D eigenvalue weighted by atomic mass is 14.9. The molecule has 0 radical (unpaired) electrons. The van der Waals surface area contributed by atoms with Crippen LogP contribution >= 0.6 is 0 Å². The Morgan fingerprint density at radius 2 is 0.885 bits per heavy atom. The Morgan fingerprint density at radius 1 is 0.500 bits per heavy atom. The van der Waals surface area contributed by atoms with Crippen molar-refractivity contribution in [2.45, 2.75) is 134 Å². The molecule has 0 unspecified atom stereocenters. The zero-order valence-electron chi connectivity index (χ0n) is 17.5. The predicted molar refractivity (Wildman–Crippen MR) is 115 cm³/mol. The van der Waals surface area contributed by atoms with Crippen LogP contribution in [0.1, 0.15) is 116 Å². The molecule has 4 rings (SSSR count). The van der Waals surface area contributed by atoms with Crippen LogP contribution in [0.25, 0.3) is 0 Å². The molecule has 0 aromatic rings. The van der Waals surface area contributed by atoms with Crippen molar-refractivity contribution in [3.05, 3.63) is 0 Å². The summed E-state index contributed by atoms with van der Waals surface area (Å²) in [4.78, 5) is 0. The van der Waals surface area contributed by atoms with Crippen LogP contribution in [0, 0.1) is 0 Å². The summed E-state index contributed by atoms with van der Waals surface area (Å²) in [6.07, 6.45) is 25.4. The average Bonchev–Trinajstić information content (AvgIpc) is 2.72. The van der Waals surface area contributed by atoms with E-state index in [9.17, 15) is 0 Å². The van der Waals surface area contributed by atoms with Crippen molar-refractivity contribution in [1.82, 2.24) is 10.6 Å². The van der Waals surface area contributed by atoms with Crippen LogP contribution in [0.15, 0.2) is 0 Å². The molecule has 0 atom stereocenters. The van der Waals surface area contributed by atoms with Gasteiger partial charge >= 0.3 is 0 Å². The molecule has 4 fully saturated rings. The van der Waals surface area contributed by atoms with Crippen molar-refractivity contribution in [2.75, 3.05) is 13.1 Å². The topological polar surface area (TPSA) is 50.1 Å². The van der Waals surface area contributed by atoms with Crippen LogP contribution < -0.4 is 16.4 Å². The van der Waals surface area contributed by atoms with E-state index in [4.69, 9.17) is 5.73 Å². The standard InChI is InChI=1S/C12H23N.C6H13N.C5H11N/c1-3-7-11(8-4-1)13-12-9-5-2-6-10-12;7-6-4-2-1-3-5-6;1-2-4-6-5-3-1/h11-13H,1-10H2;6H,1-5,7H2;6H,1-5H2. The van der Waals surface area contributed by atoms with E-state index in [0.717, 1.165) is 12.1 Å². The summed E-state index contributed by atoms with van der Waals surface area (Å²) in [6.45, 7) is 2.50. The predicted octanol–water partition coefficient (Wildman–Crippen LogP) is 5.28. The molecule has 0 amide bonds. The van der Waals surface area contributed by atoms with Crippen molar-refractivity contribution in [3.8, 4) is 0 Å². The number of rotatable bonds is 2. The zero-order valence-corrected chi connectivity index (χ0v) is 17.5. The first-order valence-electron chi connectivity index (χ1n) is 12.1. The van der Waals surface area contributed by atoms with Gasteiger partial charge in [-0.25, -0.2) is 0 Å². The van der Waals surface area contributed by atoms with Crippen LogP contribution in [0.3, 0.4) is 0 Å². The summed E-state index contributed by atoms with van der Waals surface area (Å²) in [5, 5.41) is 7.14. The normalized spacial score (nSPS) is 26.2. The van der Waals surface area contributed by atoms with E-state index in [1.54, 1.807) is 0 Å². The van der Waals surface area contributed by atoms with Gasteiger partial charge in [-0.15, -0.1) is 0 Å². The van der Waals surface area contributed by atoms with Crippen molar-refractivity contribution < 1.29 is 0 Å². The molecular weight excluding hydrogens is 318 g/mol. The third-order valence-electron chi connectivity index (χ3n) is 6.54. The fourth-order valence-corrected chi connectivity index (χ4v) is 4.81. The third kappa shape index (κ3) is 10.9. The highest BCUT2D eigenvalue weighted by Gasteiger charge is 2.19. The van der Waals surface area contributed by atoms with E-state index >= 15 is 0 Å². The molecule has 0 bridgehead atoms. The number of nitrogens with two attached hydrogens (primary N) is 1. The van der Waals surface area contributed by atoms with Crippen LogP contribution in [0.4, 0.5) is 0 Å². The van der Waals surface area contributed by atoms with Crippen LogP contribution in [-0.2, 0) is 0 Å². The first kappa shape index (κ1) is 22.2. The Hall–Kier alpha value is -0.120. The lowest BCUT2D eigenvalue weighted by molar-refractivity contribution is 0.291. The Labute approximate surface area is 163 Å². The largest absolute Gasteiger partial charge is 0.328 e. The lowest BCUT2D eigenvalue weighted by Crippen LogP contribution is -2.40. The van der Waals surface area contributed by atoms with Gasteiger partial charge in [0.2, 0.25) is 0 Å². The maximum atomic E-state index is 5.63. The summed E-state index contributed by atoms with van der Waals surface area (Å²) in [6, 6.07) is 2.28. The fourth-order valence-electron chi connectivity index (χ4n) is 4.81. The van der Waals surface area contributed by atoms with E-state index < -0.39 is 0 Å². The molecular formula is C23H47N3. The molecule has 3 aliphatic carbocycles. The minimum atomic E-state index is 0.536. The van der Waals surface area contributed by atoms with Gasteiger partial charge in [-0.3, -0.25) is 0 Å². The summed E-state index contributed by atoms with van der Waals surface area (Å²) >= 11 is 0.